The molecule has 0 aromatic heterocycles. The number of phenolic OH excluding ortho intramolecular Hbond substituents is 1. The van der Waals surface area contributed by atoms with E-state index in [1.54, 1.807) is 13.0 Å². The molecule has 0 fully saturated rings. The summed E-state index contributed by atoms with van der Waals surface area (Å²) in [6, 6.07) is 2.94. The highest BCUT2D eigenvalue weighted by atomic mass is 16.6. The van der Waals surface area contributed by atoms with E-state index in [4.69, 9.17) is 5.73 Å². The summed E-state index contributed by atoms with van der Waals surface area (Å²) in [7, 11) is 0. The molecule has 0 heterocycles. The van der Waals surface area contributed by atoms with Crippen LogP contribution in [0.4, 0.5) is 5.69 Å². The standard InChI is InChI=1S/C8H10N2O3/c1-5-2-6(4-9)8(11)7(3-5)10(12)13/h2-3,11H,4,9H2,1H3. The third-order valence-electron chi connectivity index (χ3n) is 1.73. The Morgan fingerprint density at radius 1 is 1.62 bits per heavy atom. The van der Waals surface area contributed by atoms with Crippen molar-refractivity contribution in [2.45, 2.75) is 13.5 Å². The number of rotatable bonds is 2. The highest BCUT2D eigenvalue weighted by molar-refractivity contribution is 5.52. The molecule has 0 radical (unpaired) electrons. The topological polar surface area (TPSA) is 89.4 Å². The monoisotopic (exact) mass is 182 g/mol. The highest BCUT2D eigenvalue weighted by Gasteiger charge is 2.16. The van der Waals surface area contributed by atoms with Crippen LogP contribution >= 0.6 is 0 Å². The molecule has 5 heteroatoms. The van der Waals surface area contributed by atoms with Crippen molar-refractivity contribution in [3.63, 3.8) is 0 Å². The first kappa shape index (κ1) is 9.47. The molecule has 1 aromatic carbocycles. The van der Waals surface area contributed by atoms with E-state index in [-0.39, 0.29) is 18.0 Å². The molecule has 5 nitrogen and oxygen atoms in total. The fourth-order valence-corrected chi connectivity index (χ4v) is 1.13. The summed E-state index contributed by atoms with van der Waals surface area (Å²) >= 11 is 0. The molecular formula is C8H10N2O3. The van der Waals surface area contributed by atoms with Gasteiger partial charge in [-0.05, 0) is 12.5 Å². The summed E-state index contributed by atoms with van der Waals surface area (Å²) in [6.07, 6.45) is 0. The molecule has 0 aliphatic heterocycles. The second-order valence-electron chi connectivity index (χ2n) is 2.75. The number of hydrogen-bond donors (Lipinski definition) is 2. The molecule has 3 N–H and O–H groups in total. The summed E-state index contributed by atoms with van der Waals surface area (Å²) in [4.78, 5) is 9.82. The van der Waals surface area contributed by atoms with Gasteiger partial charge in [-0.25, -0.2) is 0 Å². The number of nitrogens with zero attached hydrogens (tertiary/aromatic N) is 1. The van der Waals surface area contributed by atoms with Gasteiger partial charge in [0.15, 0.2) is 5.75 Å². The van der Waals surface area contributed by atoms with E-state index < -0.39 is 4.92 Å². The van der Waals surface area contributed by atoms with Crippen LogP contribution in [0.25, 0.3) is 0 Å². The molecule has 13 heavy (non-hydrogen) atoms. The van der Waals surface area contributed by atoms with Gasteiger partial charge in [-0.15, -0.1) is 0 Å². The van der Waals surface area contributed by atoms with Gasteiger partial charge in [0.05, 0.1) is 4.92 Å². The number of benzene rings is 1. The predicted molar refractivity (Wildman–Crippen MR) is 47.4 cm³/mol. The Balaban J connectivity index is 3.35. The van der Waals surface area contributed by atoms with Gasteiger partial charge in [-0.1, -0.05) is 6.07 Å². The van der Waals surface area contributed by atoms with Gasteiger partial charge >= 0.3 is 5.69 Å². The minimum Gasteiger partial charge on any atom is -0.502 e. The fraction of sp³-hybridized carbons (Fsp3) is 0.250. The predicted octanol–water partition coefficient (Wildman–Crippen LogP) is 1.07. The van der Waals surface area contributed by atoms with Crippen molar-refractivity contribution >= 4 is 5.69 Å². The van der Waals surface area contributed by atoms with Crippen LogP contribution in [0.1, 0.15) is 11.1 Å². The first-order valence-electron chi connectivity index (χ1n) is 3.73. The lowest BCUT2D eigenvalue weighted by Crippen LogP contribution is -1.99. The van der Waals surface area contributed by atoms with Gasteiger partial charge in [0.2, 0.25) is 0 Å². The Hall–Kier alpha value is -1.62. The lowest BCUT2D eigenvalue weighted by atomic mass is 10.1. The van der Waals surface area contributed by atoms with Crippen LogP contribution in [0, 0.1) is 17.0 Å². The van der Waals surface area contributed by atoms with Crippen molar-refractivity contribution in [1.29, 1.82) is 0 Å². The Morgan fingerprint density at radius 3 is 2.69 bits per heavy atom. The van der Waals surface area contributed by atoms with Gasteiger partial charge in [-0.2, -0.15) is 0 Å². The molecule has 1 aromatic rings. The second-order valence-corrected chi connectivity index (χ2v) is 2.75. The molecule has 0 atom stereocenters. The summed E-state index contributed by atoms with van der Waals surface area (Å²) in [5, 5.41) is 19.8. The summed E-state index contributed by atoms with van der Waals surface area (Å²) in [5.41, 5.74) is 6.12. The van der Waals surface area contributed by atoms with Gasteiger partial charge in [0, 0.05) is 18.2 Å². The largest absolute Gasteiger partial charge is 0.502 e. The molecule has 0 aliphatic carbocycles. The number of hydrogen-bond acceptors (Lipinski definition) is 4. The van der Waals surface area contributed by atoms with E-state index in [9.17, 15) is 15.2 Å². The molecule has 70 valence electrons. The number of nitrogens with two attached hydrogens (primary N) is 1. The molecule has 0 saturated heterocycles. The highest BCUT2D eigenvalue weighted by Crippen LogP contribution is 2.30. The van der Waals surface area contributed by atoms with Crippen LogP contribution in [-0.2, 0) is 6.54 Å². The SMILES string of the molecule is Cc1cc(CN)c(O)c([N+](=O)[O-])c1. The smallest absolute Gasteiger partial charge is 0.311 e. The molecule has 0 bridgehead atoms. The van der Waals surface area contributed by atoms with Crippen molar-refractivity contribution in [1.82, 2.24) is 0 Å². The fourth-order valence-electron chi connectivity index (χ4n) is 1.13. The van der Waals surface area contributed by atoms with E-state index in [0.29, 0.717) is 11.1 Å². The zero-order valence-corrected chi connectivity index (χ0v) is 7.15. The van der Waals surface area contributed by atoms with Crippen LogP contribution in [0.5, 0.6) is 5.75 Å². The normalized spacial score (nSPS) is 10.0. The van der Waals surface area contributed by atoms with Crippen molar-refractivity contribution in [2.24, 2.45) is 5.73 Å². The summed E-state index contributed by atoms with van der Waals surface area (Å²) in [5.74, 6) is -0.335. The average molecular weight is 182 g/mol. The molecular weight excluding hydrogens is 172 g/mol. The first-order valence-corrected chi connectivity index (χ1v) is 3.73. The first-order chi connectivity index (χ1) is 6.06. The maximum atomic E-state index is 10.4. The number of aromatic hydroxyl groups is 1. The Morgan fingerprint density at radius 2 is 2.23 bits per heavy atom. The Labute approximate surface area is 74.9 Å². The van der Waals surface area contributed by atoms with E-state index in [2.05, 4.69) is 0 Å². The molecule has 0 saturated carbocycles. The van der Waals surface area contributed by atoms with E-state index in [1.165, 1.54) is 6.07 Å². The molecule has 0 spiro atoms. The van der Waals surface area contributed by atoms with Gasteiger partial charge in [-0.3, -0.25) is 10.1 Å². The summed E-state index contributed by atoms with van der Waals surface area (Å²) in [6.45, 7) is 1.81. The van der Waals surface area contributed by atoms with Crippen LogP contribution in [0.15, 0.2) is 12.1 Å². The summed E-state index contributed by atoms with van der Waals surface area (Å²) < 4.78 is 0. The van der Waals surface area contributed by atoms with Crippen molar-refractivity contribution in [3.05, 3.63) is 33.4 Å². The zero-order valence-electron chi connectivity index (χ0n) is 7.15. The van der Waals surface area contributed by atoms with E-state index in [0.717, 1.165) is 0 Å². The molecule has 0 aliphatic rings. The molecule has 1 rings (SSSR count). The third-order valence-corrected chi connectivity index (χ3v) is 1.73. The zero-order chi connectivity index (χ0) is 10.0. The Bertz CT molecular complexity index is 349. The van der Waals surface area contributed by atoms with Crippen LogP contribution < -0.4 is 5.73 Å². The lowest BCUT2D eigenvalue weighted by Gasteiger charge is -2.03. The van der Waals surface area contributed by atoms with Gasteiger partial charge < -0.3 is 10.8 Å². The van der Waals surface area contributed by atoms with Crippen molar-refractivity contribution in [3.8, 4) is 5.75 Å². The Kier molecular flexibility index (Phi) is 2.48. The molecule has 0 unspecified atom stereocenters. The van der Waals surface area contributed by atoms with Gasteiger partial charge in [0.1, 0.15) is 0 Å². The van der Waals surface area contributed by atoms with E-state index >= 15 is 0 Å². The van der Waals surface area contributed by atoms with Crippen LogP contribution in [0.3, 0.4) is 0 Å². The van der Waals surface area contributed by atoms with Crippen LogP contribution in [0.2, 0.25) is 0 Å². The quantitative estimate of drug-likeness (QED) is 0.528. The number of nitro groups is 1. The number of phenols is 1. The average Bonchev–Trinajstić information content (AvgIpc) is 2.08. The van der Waals surface area contributed by atoms with Crippen molar-refractivity contribution in [2.75, 3.05) is 0 Å². The minimum atomic E-state index is -0.624. The van der Waals surface area contributed by atoms with Crippen molar-refractivity contribution < 1.29 is 10.0 Å². The molecule has 0 amide bonds. The lowest BCUT2D eigenvalue weighted by molar-refractivity contribution is -0.386. The number of aryl methyl sites for hydroxylation is 1. The second kappa shape index (κ2) is 3.40. The minimum absolute atomic E-state index is 0.0916. The van der Waals surface area contributed by atoms with Gasteiger partial charge in [0.25, 0.3) is 0 Å². The maximum absolute atomic E-state index is 10.4. The van der Waals surface area contributed by atoms with Crippen LogP contribution in [-0.4, -0.2) is 10.0 Å². The maximum Gasteiger partial charge on any atom is 0.311 e. The van der Waals surface area contributed by atoms with E-state index in [1.807, 2.05) is 0 Å². The number of nitro benzene ring substituents is 1. The third kappa shape index (κ3) is 1.75.